The van der Waals surface area contributed by atoms with E-state index in [0.717, 1.165) is 0 Å². The Morgan fingerprint density at radius 2 is 1.20 bits per heavy atom. The van der Waals surface area contributed by atoms with Gasteiger partial charge in [-0.05, 0) is 0 Å². The van der Waals surface area contributed by atoms with Gasteiger partial charge in [-0.25, -0.2) is 0 Å². The van der Waals surface area contributed by atoms with Crippen LogP contribution in [0.4, 0.5) is 0 Å². The molecule has 0 spiro atoms. The maximum absolute atomic E-state index is 8.91. The van der Waals surface area contributed by atoms with Crippen LogP contribution < -0.4 is 4.75 Å². The van der Waals surface area contributed by atoms with Gasteiger partial charge in [0.2, 0.25) is 0 Å². The monoisotopic (exact) mass is 119 g/mol. The molecule has 0 aromatic heterocycles. The second-order valence-corrected chi connectivity index (χ2v) is 1.88. The first kappa shape index (κ1) is 4.88. The number of hydrogen-bond acceptors (Lipinski definition) is 3. The predicted molar refractivity (Wildman–Crippen MR) is 6.25 cm³/mol. The molecule has 0 aliphatic heterocycles. The van der Waals surface area contributed by atoms with Gasteiger partial charge in [-0.3, -0.25) is 0 Å². The van der Waals surface area contributed by atoms with Gasteiger partial charge in [-0.15, -0.1) is 0 Å². The van der Waals surface area contributed by atoms with E-state index in [1.54, 1.807) is 0 Å². The van der Waals surface area contributed by atoms with Crippen molar-refractivity contribution in [1.29, 1.82) is 0 Å². The molecule has 0 fully saturated rings. The van der Waals surface area contributed by atoms with Crippen molar-refractivity contribution >= 4 is 0 Å². The van der Waals surface area contributed by atoms with Crippen LogP contribution in [-0.4, -0.2) is 0 Å². The van der Waals surface area contributed by atoms with E-state index in [0.29, 0.717) is 0 Å². The zero-order valence-corrected chi connectivity index (χ0v) is 3.36. The average Bonchev–Trinajstić information content (AvgIpc) is 0.722. The molecule has 5 heteroatoms. The van der Waals surface area contributed by atoms with Crippen molar-refractivity contribution in [3.8, 4) is 0 Å². The van der Waals surface area contributed by atoms with E-state index in [1.165, 1.54) is 0 Å². The molecule has 0 unspecified atom stereocenters. The molecule has 0 amide bonds. The Balaban J connectivity index is 4.87. The summed E-state index contributed by atoms with van der Waals surface area (Å²) in [6.07, 6.45) is 0. The number of rotatable bonds is 0. The molecule has 0 rings (SSSR count). The van der Waals surface area contributed by atoms with E-state index >= 15 is 0 Å². The first-order valence-electron chi connectivity index (χ1n) is 0.681. The molecule has 32 valence electrons. The number of nitrogens with two attached hydrogens (primary N) is 1. The van der Waals surface area contributed by atoms with Crippen LogP contribution in [0.15, 0.2) is 0 Å². The fourth-order valence-electron chi connectivity index (χ4n) is 0. The molecule has 0 aromatic rings. The van der Waals surface area contributed by atoms with Crippen molar-refractivity contribution in [2.75, 3.05) is 0 Å². The first-order valence-corrected chi connectivity index (χ1v) is 2.81. The Hall–Kier alpha value is -0.121. The van der Waals surface area contributed by atoms with E-state index in [4.69, 9.17) is 11.5 Å². The minimum atomic E-state index is -4.88. The van der Waals surface area contributed by atoms with Gasteiger partial charge < -0.3 is 0 Å². The van der Waals surface area contributed by atoms with Crippen LogP contribution in [0.1, 0.15) is 0 Å². The van der Waals surface area contributed by atoms with Crippen LogP contribution in [0.25, 0.3) is 0 Å². The van der Waals surface area contributed by atoms with Crippen LogP contribution in [0.3, 0.4) is 0 Å². The van der Waals surface area contributed by atoms with Crippen molar-refractivity contribution in [3.63, 3.8) is 0 Å². The first-order chi connectivity index (χ1) is 2.00. The molecular weight excluding hydrogens is 117 g/mol. The SMILES string of the molecule is [NH2][Mn](=[O])(=[O])=[O]. The third kappa shape index (κ3) is 943. The summed E-state index contributed by atoms with van der Waals surface area (Å²) in [5.41, 5.74) is 0. The Morgan fingerprint density at radius 3 is 1.20 bits per heavy atom. The fraction of sp³-hybridized carbons (Fsp3) is 0. The van der Waals surface area contributed by atoms with Crippen molar-refractivity contribution < 1.29 is 24.4 Å². The standard InChI is InChI=1S/Mn.H2N.3O/h;1H2;;;/q+1;-1;;;. The predicted octanol–water partition coefficient (Wildman–Crippen LogP) is -0.950. The van der Waals surface area contributed by atoms with Gasteiger partial charge in [-0.2, -0.15) is 0 Å². The topological polar surface area (TPSA) is 77.2 Å². The molecule has 0 atom stereocenters. The Labute approximate surface area is 30.0 Å². The van der Waals surface area contributed by atoms with Crippen molar-refractivity contribution in [1.82, 2.24) is 0 Å². The second kappa shape index (κ2) is 0.931. The summed E-state index contributed by atoms with van der Waals surface area (Å²) in [4.78, 5) is 0. The normalized spacial score (nSPS) is 11.4. The third-order valence-electron chi connectivity index (χ3n) is 0. The molecule has 0 aliphatic carbocycles. The molecule has 0 saturated heterocycles. The van der Waals surface area contributed by atoms with Gasteiger partial charge in [0.05, 0.1) is 0 Å². The molecule has 0 bridgehead atoms. The maximum atomic E-state index is 8.91. The van der Waals surface area contributed by atoms with Crippen molar-refractivity contribution in [2.24, 2.45) is 4.75 Å². The van der Waals surface area contributed by atoms with Crippen LogP contribution in [0.2, 0.25) is 0 Å². The zero-order valence-electron chi connectivity index (χ0n) is 2.18. The number of hydrogen-bond donors (Lipinski definition) is 1. The molecule has 0 aliphatic rings. The van der Waals surface area contributed by atoms with Gasteiger partial charge in [0, 0.05) is 0 Å². The molecule has 4 nitrogen and oxygen atoms in total. The second-order valence-electron chi connectivity index (χ2n) is 0.456. The molecule has 2 N–H and O–H groups in total. The summed E-state index contributed by atoms with van der Waals surface area (Å²) >= 11 is -4.88. The van der Waals surface area contributed by atoms with Gasteiger partial charge in [-0.1, -0.05) is 0 Å². The summed E-state index contributed by atoms with van der Waals surface area (Å²) in [7, 11) is 0. The van der Waals surface area contributed by atoms with E-state index < -0.39 is 12.9 Å². The van der Waals surface area contributed by atoms with E-state index in [1.807, 2.05) is 0 Å². The van der Waals surface area contributed by atoms with Crippen LogP contribution in [-0.2, 0) is 24.4 Å². The van der Waals surface area contributed by atoms with E-state index in [-0.39, 0.29) is 0 Å². The minimum absolute atomic E-state index is 3.83. The van der Waals surface area contributed by atoms with Crippen LogP contribution in [0, 0.1) is 0 Å². The molecule has 0 radical (unpaired) electrons. The Morgan fingerprint density at radius 1 is 1.20 bits per heavy atom. The van der Waals surface area contributed by atoms with Crippen LogP contribution >= 0.6 is 0 Å². The molecule has 5 heavy (non-hydrogen) atoms. The Bertz CT molecular complexity index is 128. The van der Waals surface area contributed by atoms with Crippen molar-refractivity contribution in [3.05, 3.63) is 0 Å². The molecule has 0 heterocycles. The van der Waals surface area contributed by atoms with Gasteiger partial charge >= 0.3 is 29.1 Å². The van der Waals surface area contributed by atoms with Gasteiger partial charge in [0.25, 0.3) is 0 Å². The van der Waals surface area contributed by atoms with E-state index in [2.05, 4.69) is 4.75 Å². The fourth-order valence-corrected chi connectivity index (χ4v) is 0. The summed E-state index contributed by atoms with van der Waals surface area (Å²) in [6.45, 7) is 0. The van der Waals surface area contributed by atoms with Crippen LogP contribution in [0.5, 0.6) is 0 Å². The van der Waals surface area contributed by atoms with E-state index in [9.17, 15) is 0 Å². The van der Waals surface area contributed by atoms with Gasteiger partial charge in [0.1, 0.15) is 0 Å². The van der Waals surface area contributed by atoms with Crippen molar-refractivity contribution in [2.45, 2.75) is 0 Å². The zero-order chi connectivity index (χ0) is 4.50. The molecule has 0 saturated carbocycles. The average molecular weight is 119 g/mol. The summed E-state index contributed by atoms with van der Waals surface area (Å²) in [6, 6.07) is 0. The van der Waals surface area contributed by atoms with Gasteiger partial charge in [0.15, 0.2) is 0 Å². The summed E-state index contributed by atoms with van der Waals surface area (Å²) in [5, 5.41) is 0. The summed E-state index contributed by atoms with van der Waals surface area (Å²) < 4.78 is 30.6. The summed E-state index contributed by atoms with van der Waals surface area (Å²) in [5.74, 6) is 0. The molecule has 0 aromatic carbocycles. The molecular formula is H2MnNO3. The third-order valence-corrected chi connectivity index (χ3v) is 0. The quantitative estimate of drug-likeness (QED) is 0.417. The Kier molecular flexibility index (Phi) is 0.908.